The van der Waals surface area contributed by atoms with E-state index in [1.54, 1.807) is 36.8 Å². The fourth-order valence-corrected chi connectivity index (χ4v) is 3.65. The maximum absolute atomic E-state index is 12.7. The smallest absolute Gasteiger partial charge is 0.192 e. The van der Waals surface area contributed by atoms with Gasteiger partial charge in [0, 0.05) is 11.1 Å². The SMILES string of the molecule is COc1cccnc1C(=O)C1CCCc2sccc21. The minimum atomic E-state index is -0.0567. The molecule has 0 amide bonds. The molecule has 0 aliphatic heterocycles. The van der Waals surface area contributed by atoms with Gasteiger partial charge in [-0.25, -0.2) is 4.98 Å². The van der Waals surface area contributed by atoms with Gasteiger partial charge in [-0.2, -0.15) is 0 Å². The van der Waals surface area contributed by atoms with Crippen LogP contribution >= 0.6 is 11.3 Å². The average molecular weight is 273 g/mol. The van der Waals surface area contributed by atoms with Crippen LogP contribution in [-0.2, 0) is 6.42 Å². The van der Waals surface area contributed by atoms with Gasteiger partial charge in [0.2, 0.25) is 0 Å². The van der Waals surface area contributed by atoms with E-state index in [4.69, 9.17) is 4.74 Å². The van der Waals surface area contributed by atoms with Crippen LogP contribution in [0.25, 0.3) is 0 Å². The largest absolute Gasteiger partial charge is 0.494 e. The van der Waals surface area contributed by atoms with E-state index in [1.165, 1.54) is 10.4 Å². The van der Waals surface area contributed by atoms with Crippen LogP contribution in [0.15, 0.2) is 29.8 Å². The molecule has 0 aromatic carbocycles. The molecular weight excluding hydrogens is 258 g/mol. The number of aromatic nitrogens is 1. The lowest BCUT2D eigenvalue weighted by Gasteiger charge is -2.21. The number of Topliss-reactive ketones (excluding diaryl/α,β-unsaturated/α-hetero) is 1. The Labute approximate surface area is 116 Å². The van der Waals surface area contributed by atoms with Crippen molar-refractivity contribution in [2.24, 2.45) is 0 Å². The number of carbonyl (C=O) groups is 1. The van der Waals surface area contributed by atoms with Crippen molar-refractivity contribution in [1.82, 2.24) is 4.98 Å². The van der Waals surface area contributed by atoms with E-state index >= 15 is 0 Å². The maximum atomic E-state index is 12.7. The summed E-state index contributed by atoms with van der Waals surface area (Å²) >= 11 is 1.75. The summed E-state index contributed by atoms with van der Waals surface area (Å²) in [6.45, 7) is 0. The molecule has 1 aliphatic carbocycles. The quantitative estimate of drug-likeness (QED) is 0.804. The zero-order chi connectivity index (χ0) is 13.2. The summed E-state index contributed by atoms with van der Waals surface area (Å²) in [6, 6.07) is 5.65. The standard InChI is InChI=1S/C15H15NO2S/c1-18-12-5-3-8-16-14(12)15(17)11-4-2-6-13-10(11)7-9-19-13/h3,5,7-9,11H,2,4,6H2,1H3. The molecule has 0 saturated heterocycles. The number of fused-ring (bicyclic) bond motifs is 1. The monoisotopic (exact) mass is 273 g/mol. The van der Waals surface area contributed by atoms with E-state index in [0.717, 1.165) is 19.3 Å². The van der Waals surface area contributed by atoms with Crippen LogP contribution in [0, 0.1) is 0 Å². The Morgan fingerprint density at radius 3 is 3.21 bits per heavy atom. The Morgan fingerprint density at radius 1 is 1.47 bits per heavy atom. The molecule has 0 radical (unpaired) electrons. The zero-order valence-corrected chi connectivity index (χ0v) is 11.6. The lowest BCUT2D eigenvalue weighted by Crippen LogP contribution is -2.19. The lowest BCUT2D eigenvalue weighted by molar-refractivity contribution is 0.0943. The first-order valence-electron chi connectivity index (χ1n) is 6.40. The molecule has 2 aromatic rings. The van der Waals surface area contributed by atoms with Crippen LogP contribution in [0.3, 0.4) is 0 Å². The van der Waals surface area contributed by atoms with Gasteiger partial charge in [0.1, 0.15) is 11.4 Å². The topological polar surface area (TPSA) is 39.2 Å². The molecule has 0 fully saturated rings. The number of methoxy groups -OCH3 is 1. The maximum Gasteiger partial charge on any atom is 0.192 e. The number of pyridine rings is 1. The van der Waals surface area contributed by atoms with Gasteiger partial charge in [-0.05, 0) is 48.4 Å². The molecule has 0 bridgehead atoms. The van der Waals surface area contributed by atoms with E-state index in [-0.39, 0.29) is 11.7 Å². The van der Waals surface area contributed by atoms with Crippen molar-refractivity contribution in [3.05, 3.63) is 45.9 Å². The van der Waals surface area contributed by atoms with E-state index in [9.17, 15) is 4.79 Å². The Bertz CT molecular complexity index is 606. The van der Waals surface area contributed by atoms with E-state index < -0.39 is 0 Å². The number of ether oxygens (including phenoxy) is 1. The van der Waals surface area contributed by atoms with Crippen LogP contribution in [0.1, 0.15) is 39.7 Å². The van der Waals surface area contributed by atoms with Crippen molar-refractivity contribution >= 4 is 17.1 Å². The summed E-state index contributed by atoms with van der Waals surface area (Å²) in [5.41, 5.74) is 1.64. The van der Waals surface area contributed by atoms with Gasteiger partial charge < -0.3 is 4.74 Å². The molecule has 0 spiro atoms. The van der Waals surface area contributed by atoms with Crippen LogP contribution in [0.5, 0.6) is 5.75 Å². The molecule has 3 nitrogen and oxygen atoms in total. The highest BCUT2D eigenvalue weighted by molar-refractivity contribution is 7.10. The Balaban J connectivity index is 1.98. The number of rotatable bonds is 3. The van der Waals surface area contributed by atoms with E-state index in [1.807, 2.05) is 0 Å². The van der Waals surface area contributed by atoms with Crippen molar-refractivity contribution in [3.8, 4) is 5.75 Å². The number of carbonyl (C=O) groups excluding carboxylic acids is 1. The minimum absolute atomic E-state index is 0.0567. The third kappa shape index (κ3) is 2.16. The molecule has 1 atom stereocenters. The highest BCUT2D eigenvalue weighted by atomic mass is 32.1. The Kier molecular flexibility index (Phi) is 3.34. The molecule has 1 unspecified atom stereocenters. The second kappa shape index (κ2) is 5.13. The van der Waals surface area contributed by atoms with Crippen molar-refractivity contribution in [2.45, 2.75) is 25.2 Å². The summed E-state index contributed by atoms with van der Waals surface area (Å²) in [6.07, 6.45) is 4.71. The first kappa shape index (κ1) is 12.4. The van der Waals surface area contributed by atoms with E-state index in [0.29, 0.717) is 11.4 Å². The van der Waals surface area contributed by atoms with Crippen LogP contribution < -0.4 is 4.74 Å². The van der Waals surface area contributed by atoms with Gasteiger partial charge in [-0.15, -0.1) is 11.3 Å². The first-order chi connectivity index (χ1) is 9.31. The van der Waals surface area contributed by atoms with Crippen LogP contribution in [-0.4, -0.2) is 17.9 Å². The molecule has 98 valence electrons. The van der Waals surface area contributed by atoms with Gasteiger partial charge in [0.05, 0.1) is 13.0 Å². The zero-order valence-electron chi connectivity index (χ0n) is 10.8. The third-order valence-corrected chi connectivity index (χ3v) is 4.59. The molecule has 19 heavy (non-hydrogen) atoms. The fourth-order valence-electron chi connectivity index (χ4n) is 2.66. The molecule has 0 N–H and O–H groups in total. The van der Waals surface area contributed by atoms with Gasteiger partial charge in [-0.3, -0.25) is 4.79 Å². The summed E-state index contributed by atoms with van der Waals surface area (Å²) in [5, 5.41) is 2.08. The predicted molar refractivity (Wildman–Crippen MR) is 75.1 cm³/mol. The van der Waals surface area contributed by atoms with Gasteiger partial charge in [0.15, 0.2) is 5.78 Å². The first-order valence-corrected chi connectivity index (χ1v) is 7.28. The Hall–Kier alpha value is -1.68. The van der Waals surface area contributed by atoms with Crippen molar-refractivity contribution in [3.63, 3.8) is 0 Å². The van der Waals surface area contributed by atoms with Crippen molar-refractivity contribution in [2.75, 3.05) is 7.11 Å². The van der Waals surface area contributed by atoms with E-state index in [2.05, 4.69) is 16.4 Å². The molecule has 1 aliphatic rings. The van der Waals surface area contributed by atoms with Crippen LogP contribution in [0.2, 0.25) is 0 Å². The Morgan fingerprint density at radius 2 is 2.37 bits per heavy atom. The summed E-state index contributed by atoms with van der Waals surface area (Å²) in [7, 11) is 1.57. The molecule has 2 heterocycles. The number of aryl methyl sites for hydroxylation is 1. The number of ketones is 1. The van der Waals surface area contributed by atoms with Crippen LogP contribution in [0.4, 0.5) is 0 Å². The number of nitrogens with zero attached hydrogens (tertiary/aromatic N) is 1. The highest BCUT2D eigenvalue weighted by Gasteiger charge is 2.30. The number of hydrogen-bond acceptors (Lipinski definition) is 4. The molecule has 4 heteroatoms. The average Bonchev–Trinajstić information content (AvgIpc) is 2.94. The molecule has 0 saturated carbocycles. The van der Waals surface area contributed by atoms with Crippen molar-refractivity contribution < 1.29 is 9.53 Å². The second-order valence-electron chi connectivity index (χ2n) is 4.66. The summed E-state index contributed by atoms with van der Waals surface area (Å²) < 4.78 is 5.25. The number of thiophene rings is 1. The second-order valence-corrected chi connectivity index (χ2v) is 5.66. The highest BCUT2D eigenvalue weighted by Crippen LogP contribution is 2.37. The normalized spacial score (nSPS) is 17.8. The van der Waals surface area contributed by atoms with Gasteiger partial charge in [0.25, 0.3) is 0 Å². The van der Waals surface area contributed by atoms with Gasteiger partial charge >= 0.3 is 0 Å². The summed E-state index contributed by atoms with van der Waals surface area (Å²) in [4.78, 5) is 18.3. The fraction of sp³-hybridized carbons (Fsp3) is 0.333. The number of hydrogen-bond donors (Lipinski definition) is 0. The molecular formula is C15H15NO2S. The third-order valence-electron chi connectivity index (χ3n) is 3.59. The predicted octanol–water partition coefficient (Wildman–Crippen LogP) is 3.45. The lowest BCUT2D eigenvalue weighted by atomic mass is 9.83. The summed E-state index contributed by atoms with van der Waals surface area (Å²) in [5.74, 6) is 0.588. The minimum Gasteiger partial charge on any atom is -0.494 e. The van der Waals surface area contributed by atoms with Gasteiger partial charge in [-0.1, -0.05) is 0 Å². The molecule has 3 rings (SSSR count). The molecule has 2 aromatic heterocycles. The van der Waals surface area contributed by atoms with Crippen molar-refractivity contribution in [1.29, 1.82) is 0 Å².